The second-order valence-electron chi connectivity index (χ2n) is 6.21. The van der Waals surface area contributed by atoms with Gasteiger partial charge in [-0.2, -0.15) is 5.10 Å². The Bertz CT molecular complexity index is 832. The van der Waals surface area contributed by atoms with Gasteiger partial charge in [0.25, 0.3) is 5.69 Å². The maximum atomic E-state index is 10.9. The van der Waals surface area contributed by atoms with Crippen molar-refractivity contribution in [2.24, 2.45) is 11.0 Å². The van der Waals surface area contributed by atoms with Crippen LogP contribution in [0, 0.1) is 16.0 Å². The number of nitrogens with zero attached hydrogens (tertiary/aromatic N) is 3. The highest BCUT2D eigenvalue weighted by molar-refractivity contribution is 5.86. The molecule has 2 aromatic carbocycles. The van der Waals surface area contributed by atoms with Crippen molar-refractivity contribution in [1.29, 1.82) is 0 Å². The number of ether oxygens (including phenoxy) is 1. The zero-order valence-corrected chi connectivity index (χ0v) is 13.4. The first kappa shape index (κ1) is 14.7. The van der Waals surface area contributed by atoms with Gasteiger partial charge in [0, 0.05) is 34.9 Å². The Balaban J connectivity index is 1.77. The van der Waals surface area contributed by atoms with E-state index in [9.17, 15) is 10.1 Å². The maximum Gasteiger partial charge on any atom is 0.269 e. The number of para-hydroxylation sites is 1. The van der Waals surface area contributed by atoms with Crippen LogP contribution in [-0.2, 0) is 0 Å². The van der Waals surface area contributed by atoms with Gasteiger partial charge in [-0.1, -0.05) is 25.1 Å². The van der Waals surface area contributed by atoms with Gasteiger partial charge in [0.1, 0.15) is 5.75 Å². The Kier molecular flexibility index (Phi) is 3.26. The molecule has 0 N–H and O–H groups in total. The molecule has 2 aromatic rings. The number of nitro benzene ring substituents is 1. The van der Waals surface area contributed by atoms with Crippen LogP contribution in [0.4, 0.5) is 5.69 Å². The minimum absolute atomic E-state index is 0.0704. The summed E-state index contributed by atoms with van der Waals surface area (Å²) < 4.78 is 6.18. The molecule has 3 atom stereocenters. The van der Waals surface area contributed by atoms with E-state index in [1.807, 2.05) is 30.1 Å². The van der Waals surface area contributed by atoms with E-state index in [0.29, 0.717) is 0 Å². The molecule has 0 spiro atoms. The molecule has 122 valence electrons. The summed E-state index contributed by atoms with van der Waals surface area (Å²) in [4.78, 5) is 10.5. The number of nitro groups is 1. The van der Waals surface area contributed by atoms with Crippen molar-refractivity contribution >= 4 is 11.4 Å². The van der Waals surface area contributed by atoms with Gasteiger partial charge >= 0.3 is 0 Å². The third-order valence-corrected chi connectivity index (χ3v) is 4.80. The number of rotatable bonds is 2. The second-order valence-corrected chi connectivity index (χ2v) is 6.21. The zero-order chi connectivity index (χ0) is 16.8. The molecule has 0 saturated carbocycles. The van der Waals surface area contributed by atoms with Gasteiger partial charge in [-0.25, -0.2) is 5.01 Å². The molecule has 6 nitrogen and oxygen atoms in total. The molecule has 0 aromatic heterocycles. The van der Waals surface area contributed by atoms with Crippen LogP contribution < -0.4 is 4.74 Å². The number of hydrazone groups is 1. The summed E-state index contributed by atoms with van der Waals surface area (Å²) >= 11 is 0. The lowest BCUT2D eigenvalue weighted by atomic mass is 9.90. The molecule has 2 aliphatic rings. The van der Waals surface area contributed by atoms with Gasteiger partial charge in [0.05, 0.1) is 11.0 Å². The van der Waals surface area contributed by atoms with E-state index in [4.69, 9.17) is 9.84 Å². The van der Waals surface area contributed by atoms with Gasteiger partial charge in [0.2, 0.25) is 6.23 Å². The molecule has 0 bridgehead atoms. The molecule has 24 heavy (non-hydrogen) atoms. The molecule has 0 aliphatic carbocycles. The molecule has 2 aliphatic heterocycles. The highest BCUT2D eigenvalue weighted by atomic mass is 16.6. The van der Waals surface area contributed by atoms with Crippen molar-refractivity contribution in [3.63, 3.8) is 0 Å². The molecule has 0 unspecified atom stereocenters. The Labute approximate surface area is 139 Å². The zero-order valence-electron chi connectivity index (χ0n) is 13.4. The lowest BCUT2D eigenvalue weighted by Gasteiger charge is -2.39. The SMILES string of the molecule is CC1=NN2[C@H](c3ccc([N+](=O)[O-])cc3)Oc3ccccc3[C@H]2[C@@H]1C. The van der Waals surface area contributed by atoms with Crippen molar-refractivity contribution in [3.05, 3.63) is 69.8 Å². The van der Waals surface area contributed by atoms with Gasteiger partial charge < -0.3 is 4.74 Å². The van der Waals surface area contributed by atoms with E-state index in [2.05, 4.69) is 13.0 Å². The van der Waals surface area contributed by atoms with Gasteiger partial charge in [-0.15, -0.1) is 0 Å². The van der Waals surface area contributed by atoms with Crippen molar-refractivity contribution in [2.75, 3.05) is 0 Å². The summed E-state index contributed by atoms with van der Waals surface area (Å²) in [6.45, 7) is 4.19. The van der Waals surface area contributed by atoms with Gasteiger partial charge in [0.15, 0.2) is 0 Å². The monoisotopic (exact) mass is 323 g/mol. The van der Waals surface area contributed by atoms with Crippen molar-refractivity contribution in [2.45, 2.75) is 26.1 Å². The molecule has 6 heteroatoms. The summed E-state index contributed by atoms with van der Waals surface area (Å²) in [5.74, 6) is 1.13. The first-order valence-corrected chi connectivity index (χ1v) is 7.89. The molecular formula is C18H17N3O3. The lowest BCUT2D eigenvalue weighted by Crippen LogP contribution is -2.35. The molecule has 0 amide bonds. The minimum atomic E-state index is -0.399. The number of hydrogen-bond acceptors (Lipinski definition) is 5. The standard InChI is InChI=1S/C18H17N3O3/c1-11-12(2)19-20-17(11)15-5-3-4-6-16(15)24-18(20)13-7-9-14(10-8-13)21(22)23/h3-11,17-18H,1-2H3/t11-,17-,18+/m1/s1. The first-order chi connectivity index (χ1) is 11.6. The number of fused-ring (bicyclic) bond motifs is 3. The fourth-order valence-corrected chi connectivity index (χ4v) is 3.39. The van der Waals surface area contributed by atoms with E-state index < -0.39 is 4.92 Å². The van der Waals surface area contributed by atoms with E-state index in [1.54, 1.807) is 12.1 Å². The Morgan fingerprint density at radius 1 is 1.17 bits per heavy atom. The Morgan fingerprint density at radius 3 is 2.58 bits per heavy atom. The van der Waals surface area contributed by atoms with Crippen LogP contribution in [0.1, 0.15) is 37.2 Å². The Hall–Kier alpha value is -2.89. The highest BCUT2D eigenvalue weighted by Crippen LogP contribution is 2.48. The molecule has 0 radical (unpaired) electrons. The van der Waals surface area contributed by atoms with Crippen LogP contribution in [0.25, 0.3) is 0 Å². The third kappa shape index (κ3) is 2.14. The molecule has 0 saturated heterocycles. The topological polar surface area (TPSA) is 68.0 Å². The molecule has 2 heterocycles. The summed E-state index contributed by atoms with van der Waals surface area (Å²) in [6, 6.07) is 14.6. The largest absolute Gasteiger partial charge is 0.464 e. The van der Waals surface area contributed by atoms with Crippen molar-refractivity contribution < 1.29 is 9.66 Å². The van der Waals surface area contributed by atoms with Gasteiger partial charge in [-0.3, -0.25) is 10.1 Å². The van der Waals surface area contributed by atoms with Crippen molar-refractivity contribution in [3.8, 4) is 5.75 Å². The quantitative estimate of drug-likeness (QED) is 0.617. The van der Waals surface area contributed by atoms with E-state index >= 15 is 0 Å². The molecular weight excluding hydrogens is 306 g/mol. The second kappa shape index (κ2) is 5.33. The number of benzene rings is 2. The van der Waals surface area contributed by atoms with E-state index in [1.165, 1.54) is 12.1 Å². The fourth-order valence-electron chi connectivity index (χ4n) is 3.39. The summed E-state index contributed by atoms with van der Waals surface area (Å²) in [7, 11) is 0. The summed E-state index contributed by atoms with van der Waals surface area (Å²) in [5, 5.41) is 17.5. The minimum Gasteiger partial charge on any atom is -0.464 e. The summed E-state index contributed by atoms with van der Waals surface area (Å²) in [6.07, 6.45) is -0.384. The number of non-ortho nitro benzene ring substituents is 1. The average Bonchev–Trinajstić information content (AvgIpc) is 2.90. The summed E-state index contributed by atoms with van der Waals surface area (Å²) in [5.41, 5.74) is 3.11. The third-order valence-electron chi connectivity index (χ3n) is 4.80. The van der Waals surface area contributed by atoms with Crippen LogP contribution in [0.5, 0.6) is 5.75 Å². The highest BCUT2D eigenvalue weighted by Gasteiger charge is 2.43. The lowest BCUT2D eigenvalue weighted by molar-refractivity contribution is -0.384. The van der Waals surface area contributed by atoms with Crippen LogP contribution in [-0.4, -0.2) is 15.6 Å². The maximum absolute atomic E-state index is 10.9. The predicted molar refractivity (Wildman–Crippen MR) is 89.8 cm³/mol. The van der Waals surface area contributed by atoms with E-state index in [0.717, 1.165) is 22.6 Å². The predicted octanol–water partition coefficient (Wildman–Crippen LogP) is 4.05. The fraction of sp³-hybridized carbons (Fsp3) is 0.278. The average molecular weight is 323 g/mol. The normalized spacial score (nSPS) is 24.7. The first-order valence-electron chi connectivity index (χ1n) is 7.89. The van der Waals surface area contributed by atoms with Crippen molar-refractivity contribution in [1.82, 2.24) is 5.01 Å². The van der Waals surface area contributed by atoms with Crippen LogP contribution in [0.15, 0.2) is 53.6 Å². The van der Waals surface area contributed by atoms with E-state index in [-0.39, 0.29) is 23.9 Å². The number of hydrogen-bond donors (Lipinski definition) is 0. The smallest absolute Gasteiger partial charge is 0.269 e. The molecule has 4 rings (SSSR count). The van der Waals surface area contributed by atoms with Crippen LogP contribution in [0.3, 0.4) is 0 Å². The molecule has 0 fully saturated rings. The Morgan fingerprint density at radius 2 is 1.88 bits per heavy atom. The van der Waals surface area contributed by atoms with Crippen LogP contribution >= 0.6 is 0 Å². The van der Waals surface area contributed by atoms with Crippen LogP contribution in [0.2, 0.25) is 0 Å². The van der Waals surface area contributed by atoms with Gasteiger partial charge in [-0.05, 0) is 25.1 Å².